The van der Waals surface area contributed by atoms with Gasteiger partial charge in [-0.1, -0.05) is 39.0 Å². The van der Waals surface area contributed by atoms with E-state index >= 15 is 0 Å². The zero-order valence-electron chi connectivity index (χ0n) is 15.7. The fraction of sp³-hybridized carbons (Fsp3) is 0.765. The fourth-order valence-electron chi connectivity index (χ4n) is 1.74. The lowest BCUT2D eigenvalue weighted by atomic mass is 10.1. The van der Waals surface area contributed by atoms with Crippen molar-refractivity contribution in [2.45, 2.75) is 65.0 Å². The number of allylic oxidation sites excluding steroid dienone is 3. The predicted molar refractivity (Wildman–Crippen MR) is 98.5 cm³/mol. The van der Waals surface area contributed by atoms with Crippen molar-refractivity contribution < 1.29 is 9.16 Å². The Bertz CT molecular complexity index is 373. The van der Waals surface area contributed by atoms with Crippen molar-refractivity contribution in [1.29, 1.82) is 0 Å². The van der Waals surface area contributed by atoms with Crippen LogP contribution in [0.3, 0.4) is 0 Å². The summed E-state index contributed by atoms with van der Waals surface area (Å²) in [6, 6.07) is 0.147. The molecular formula is C17H36N2O2Si. The monoisotopic (exact) mass is 328 g/mol. The Morgan fingerprint density at radius 2 is 1.91 bits per heavy atom. The van der Waals surface area contributed by atoms with E-state index in [-0.39, 0.29) is 17.3 Å². The van der Waals surface area contributed by atoms with Crippen molar-refractivity contribution in [3.8, 4) is 0 Å². The third-order valence-electron chi connectivity index (χ3n) is 4.39. The summed E-state index contributed by atoms with van der Waals surface area (Å²) in [5, 5.41) is 3.71. The standard InChI is InChI=1S/C17H36N2O2Si/c1-9-10-11-15(16(18)20-6)14(2)19-12-13-21-22(7,8)17(3,4)5/h9-11,14,16,19H,12-13,18H2,1-8H3/b10-9-,15-11-. The lowest BCUT2D eigenvalue weighted by Crippen LogP contribution is -2.44. The smallest absolute Gasteiger partial charge is 0.192 e. The number of methoxy groups -OCH3 is 1. The number of nitrogens with two attached hydrogens (primary N) is 1. The van der Waals surface area contributed by atoms with E-state index in [2.05, 4.69) is 46.1 Å². The van der Waals surface area contributed by atoms with E-state index in [1.54, 1.807) is 7.11 Å². The molecule has 0 fully saturated rings. The second-order valence-corrected chi connectivity index (χ2v) is 11.9. The SMILES string of the molecule is C/C=C\C=C(\C(C)NCCO[Si](C)(C)C(C)(C)C)C(N)OC. The van der Waals surface area contributed by atoms with Gasteiger partial charge in [0.2, 0.25) is 0 Å². The second kappa shape index (κ2) is 9.63. The van der Waals surface area contributed by atoms with E-state index in [4.69, 9.17) is 14.9 Å². The minimum atomic E-state index is -1.67. The molecule has 0 saturated heterocycles. The van der Waals surface area contributed by atoms with Crippen LogP contribution in [0.15, 0.2) is 23.8 Å². The zero-order valence-corrected chi connectivity index (χ0v) is 16.7. The predicted octanol–water partition coefficient (Wildman–Crippen LogP) is 3.42. The molecule has 0 rings (SSSR count). The molecule has 0 aliphatic heterocycles. The Hall–Kier alpha value is -0.463. The van der Waals surface area contributed by atoms with Crippen LogP contribution < -0.4 is 11.1 Å². The molecule has 0 radical (unpaired) electrons. The van der Waals surface area contributed by atoms with Gasteiger partial charge in [0, 0.05) is 26.3 Å². The van der Waals surface area contributed by atoms with Gasteiger partial charge < -0.3 is 20.2 Å². The van der Waals surface area contributed by atoms with Gasteiger partial charge in [0.25, 0.3) is 0 Å². The Morgan fingerprint density at radius 1 is 1.32 bits per heavy atom. The van der Waals surface area contributed by atoms with Gasteiger partial charge in [0.15, 0.2) is 8.32 Å². The van der Waals surface area contributed by atoms with Gasteiger partial charge in [0.1, 0.15) is 6.23 Å². The van der Waals surface area contributed by atoms with E-state index in [0.29, 0.717) is 0 Å². The molecule has 0 saturated carbocycles. The molecule has 0 spiro atoms. The zero-order chi connectivity index (χ0) is 17.4. The maximum absolute atomic E-state index is 6.17. The van der Waals surface area contributed by atoms with E-state index in [1.165, 1.54) is 0 Å². The largest absolute Gasteiger partial charge is 0.416 e. The van der Waals surface area contributed by atoms with Gasteiger partial charge >= 0.3 is 0 Å². The van der Waals surface area contributed by atoms with Crippen molar-refractivity contribution in [1.82, 2.24) is 5.32 Å². The first-order chi connectivity index (χ1) is 10.1. The summed E-state index contributed by atoms with van der Waals surface area (Å²) in [6.45, 7) is 16.9. The van der Waals surface area contributed by atoms with Gasteiger partial charge in [-0.05, 0) is 37.6 Å². The Labute approximate surface area is 138 Å². The van der Waals surface area contributed by atoms with Crippen molar-refractivity contribution >= 4 is 8.32 Å². The number of rotatable bonds is 9. The maximum atomic E-state index is 6.17. The molecule has 22 heavy (non-hydrogen) atoms. The van der Waals surface area contributed by atoms with Gasteiger partial charge in [-0.25, -0.2) is 0 Å². The summed E-state index contributed by atoms with van der Waals surface area (Å²) in [5.74, 6) is 0. The molecule has 0 aromatic carbocycles. The van der Waals surface area contributed by atoms with Gasteiger partial charge in [-0.15, -0.1) is 0 Å². The van der Waals surface area contributed by atoms with E-state index in [1.807, 2.05) is 25.2 Å². The molecule has 5 heteroatoms. The first-order valence-corrected chi connectivity index (χ1v) is 11.0. The molecule has 0 aliphatic rings. The summed E-state index contributed by atoms with van der Waals surface area (Å²) in [5.41, 5.74) is 7.04. The van der Waals surface area contributed by atoms with Crippen LogP contribution in [-0.4, -0.2) is 40.8 Å². The normalized spacial score (nSPS) is 17.0. The number of hydrogen-bond donors (Lipinski definition) is 2. The summed E-state index contributed by atoms with van der Waals surface area (Å²) in [4.78, 5) is 0. The highest BCUT2D eigenvalue weighted by atomic mass is 28.4. The summed E-state index contributed by atoms with van der Waals surface area (Å²) < 4.78 is 11.4. The number of nitrogens with one attached hydrogen (secondary N) is 1. The fourth-order valence-corrected chi connectivity index (χ4v) is 2.79. The molecule has 4 nitrogen and oxygen atoms in total. The van der Waals surface area contributed by atoms with E-state index in [9.17, 15) is 0 Å². The second-order valence-electron chi connectivity index (χ2n) is 7.13. The summed E-state index contributed by atoms with van der Waals surface area (Å²) >= 11 is 0. The summed E-state index contributed by atoms with van der Waals surface area (Å²) in [7, 11) is -0.0425. The van der Waals surface area contributed by atoms with Gasteiger partial charge in [0.05, 0.1) is 0 Å². The number of ether oxygens (including phenoxy) is 1. The first kappa shape index (κ1) is 21.5. The van der Waals surface area contributed by atoms with E-state index < -0.39 is 8.32 Å². The molecule has 3 N–H and O–H groups in total. The highest BCUT2D eigenvalue weighted by Gasteiger charge is 2.36. The Balaban J connectivity index is 4.45. The lowest BCUT2D eigenvalue weighted by Gasteiger charge is -2.36. The van der Waals surface area contributed by atoms with Crippen LogP contribution in [0.5, 0.6) is 0 Å². The molecule has 0 amide bonds. The van der Waals surface area contributed by atoms with Crippen molar-refractivity contribution in [2.75, 3.05) is 20.3 Å². The molecule has 0 aromatic heterocycles. The maximum Gasteiger partial charge on any atom is 0.192 e. The molecule has 0 bridgehead atoms. The van der Waals surface area contributed by atoms with Crippen molar-refractivity contribution in [3.05, 3.63) is 23.8 Å². The average Bonchev–Trinajstić information content (AvgIpc) is 2.42. The molecule has 2 unspecified atom stereocenters. The Kier molecular flexibility index (Phi) is 9.42. The van der Waals surface area contributed by atoms with Crippen LogP contribution in [0.4, 0.5) is 0 Å². The van der Waals surface area contributed by atoms with Crippen LogP contribution >= 0.6 is 0 Å². The summed E-state index contributed by atoms with van der Waals surface area (Å²) in [6.07, 6.45) is 5.59. The quantitative estimate of drug-likeness (QED) is 0.295. The van der Waals surface area contributed by atoms with Crippen LogP contribution in [0.2, 0.25) is 18.1 Å². The first-order valence-electron chi connectivity index (χ1n) is 8.05. The van der Waals surface area contributed by atoms with E-state index in [0.717, 1.165) is 18.7 Å². The topological polar surface area (TPSA) is 56.5 Å². The lowest BCUT2D eigenvalue weighted by molar-refractivity contribution is 0.130. The van der Waals surface area contributed by atoms with Crippen LogP contribution in [0.25, 0.3) is 0 Å². The van der Waals surface area contributed by atoms with Crippen LogP contribution in [0, 0.1) is 0 Å². The van der Waals surface area contributed by atoms with Gasteiger partial charge in [-0.3, -0.25) is 0 Å². The molecule has 0 aliphatic carbocycles. The molecule has 0 aromatic rings. The molecular weight excluding hydrogens is 292 g/mol. The minimum Gasteiger partial charge on any atom is -0.416 e. The van der Waals surface area contributed by atoms with Crippen LogP contribution in [-0.2, 0) is 9.16 Å². The van der Waals surface area contributed by atoms with Crippen molar-refractivity contribution in [3.63, 3.8) is 0 Å². The number of hydrogen-bond acceptors (Lipinski definition) is 4. The highest BCUT2D eigenvalue weighted by molar-refractivity contribution is 6.74. The molecule has 0 heterocycles. The average molecular weight is 329 g/mol. The minimum absolute atomic E-state index is 0.147. The molecule has 130 valence electrons. The van der Waals surface area contributed by atoms with Crippen LogP contribution in [0.1, 0.15) is 34.6 Å². The Morgan fingerprint density at radius 3 is 2.36 bits per heavy atom. The molecule has 2 atom stereocenters. The third kappa shape index (κ3) is 7.20. The van der Waals surface area contributed by atoms with Gasteiger partial charge in [-0.2, -0.15) is 0 Å². The highest BCUT2D eigenvalue weighted by Crippen LogP contribution is 2.36. The van der Waals surface area contributed by atoms with Crippen molar-refractivity contribution in [2.24, 2.45) is 5.73 Å². The third-order valence-corrected chi connectivity index (χ3v) is 8.92.